The maximum absolute atomic E-state index is 11.9. The first-order valence-electron chi connectivity index (χ1n) is 6.08. The average molecular weight is 345 g/mol. The van der Waals surface area contributed by atoms with E-state index < -0.39 is 17.9 Å². The molecule has 0 bridgehead atoms. The number of carbonyl (C=O) groups is 2. The Kier molecular flexibility index (Phi) is 5.94. The zero-order valence-electron chi connectivity index (χ0n) is 11.6. The van der Waals surface area contributed by atoms with Crippen LogP contribution in [0.4, 0.5) is 0 Å². The van der Waals surface area contributed by atoms with E-state index in [1.807, 2.05) is 0 Å². The van der Waals surface area contributed by atoms with Gasteiger partial charge in [0.1, 0.15) is 12.6 Å². The Morgan fingerprint density at radius 3 is 2.60 bits per heavy atom. The van der Waals surface area contributed by atoms with Crippen LogP contribution in [0.3, 0.4) is 0 Å². The minimum atomic E-state index is -0.727. The molecule has 1 heterocycles. The zero-order chi connectivity index (χ0) is 15.3. The molecule has 20 heavy (non-hydrogen) atoms. The molecule has 1 rings (SSSR count). The van der Waals surface area contributed by atoms with Crippen molar-refractivity contribution in [3.63, 3.8) is 0 Å². The van der Waals surface area contributed by atoms with Gasteiger partial charge in [0.05, 0.1) is 7.11 Å². The van der Waals surface area contributed by atoms with Gasteiger partial charge in [0.25, 0.3) is 5.56 Å². The van der Waals surface area contributed by atoms with E-state index in [-0.39, 0.29) is 18.0 Å². The van der Waals surface area contributed by atoms with Crippen LogP contribution < -0.4 is 10.9 Å². The highest BCUT2D eigenvalue weighted by Gasteiger charge is 2.24. The van der Waals surface area contributed by atoms with Gasteiger partial charge in [-0.15, -0.1) is 0 Å². The lowest BCUT2D eigenvalue weighted by Gasteiger charge is -2.20. The summed E-state index contributed by atoms with van der Waals surface area (Å²) in [4.78, 5) is 35.1. The van der Waals surface area contributed by atoms with Crippen molar-refractivity contribution in [1.82, 2.24) is 9.88 Å². The van der Waals surface area contributed by atoms with E-state index in [0.29, 0.717) is 4.47 Å². The van der Waals surface area contributed by atoms with E-state index in [1.165, 1.54) is 23.9 Å². The fraction of sp³-hybridized carbons (Fsp3) is 0.462. The highest BCUT2D eigenvalue weighted by Crippen LogP contribution is 2.06. The van der Waals surface area contributed by atoms with Gasteiger partial charge >= 0.3 is 5.97 Å². The van der Waals surface area contributed by atoms with Gasteiger partial charge in [0.2, 0.25) is 5.91 Å². The number of nitrogens with zero attached hydrogens (tertiary/aromatic N) is 1. The molecular formula is C13H17BrN2O4. The summed E-state index contributed by atoms with van der Waals surface area (Å²) in [5.41, 5.74) is -0.289. The molecule has 1 atom stereocenters. The molecule has 1 amide bonds. The molecule has 0 aliphatic rings. The molecule has 7 heteroatoms. The molecule has 0 saturated heterocycles. The number of amides is 1. The van der Waals surface area contributed by atoms with Crippen LogP contribution in [0, 0.1) is 5.92 Å². The van der Waals surface area contributed by atoms with Gasteiger partial charge in [-0.3, -0.25) is 9.59 Å². The molecular weight excluding hydrogens is 328 g/mol. The molecule has 1 aromatic rings. The van der Waals surface area contributed by atoms with Crippen molar-refractivity contribution in [2.24, 2.45) is 5.92 Å². The number of hydrogen-bond acceptors (Lipinski definition) is 4. The second-order valence-corrected chi connectivity index (χ2v) is 5.54. The second kappa shape index (κ2) is 7.23. The van der Waals surface area contributed by atoms with Crippen molar-refractivity contribution in [3.05, 3.63) is 33.2 Å². The topological polar surface area (TPSA) is 77.4 Å². The Balaban J connectivity index is 2.78. The van der Waals surface area contributed by atoms with Crippen molar-refractivity contribution >= 4 is 27.8 Å². The van der Waals surface area contributed by atoms with Gasteiger partial charge in [0, 0.05) is 16.7 Å². The highest BCUT2D eigenvalue weighted by atomic mass is 79.9. The van der Waals surface area contributed by atoms with Gasteiger partial charge in [-0.25, -0.2) is 4.79 Å². The summed E-state index contributed by atoms with van der Waals surface area (Å²) >= 11 is 3.23. The van der Waals surface area contributed by atoms with Crippen molar-refractivity contribution in [2.45, 2.75) is 26.4 Å². The molecule has 110 valence electrons. The zero-order valence-corrected chi connectivity index (χ0v) is 13.1. The summed E-state index contributed by atoms with van der Waals surface area (Å²) in [5, 5.41) is 2.57. The molecule has 0 aliphatic carbocycles. The lowest BCUT2D eigenvalue weighted by molar-refractivity contribution is -0.146. The fourth-order valence-corrected chi connectivity index (χ4v) is 2.00. The normalized spacial score (nSPS) is 12.1. The van der Waals surface area contributed by atoms with Gasteiger partial charge in [0.15, 0.2) is 0 Å². The first-order valence-corrected chi connectivity index (χ1v) is 6.87. The predicted octanol–water partition coefficient (Wildman–Crippen LogP) is 0.925. The van der Waals surface area contributed by atoms with Crippen LogP contribution in [-0.2, 0) is 20.9 Å². The van der Waals surface area contributed by atoms with E-state index in [9.17, 15) is 14.4 Å². The third-order valence-electron chi connectivity index (χ3n) is 2.70. The minimum Gasteiger partial charge on any atom is -0.467 e. The number of aromatic nitrogens is 1. The van der Waals surface area contributed by atoms with E-state index in [2.05, 4.69) is 26.0 Å². The van der Waals surface area contributed by atoms with Crippen molar-refractivity contribution < 1.29 is 14.3 Å². The maximum atomic E-state index is 11.9. The summed E-state index contributed by atoms with van der Waals surface area (Å²) in [6.45, 7) is 3.44. The molecule has 0 aliphatic heterocycles. The van der Waals surface area contributed by atoms with E-state index in [1.54, 1.807) is 19.9 Å². The smallest absolute Gasteiger partial charge is 0.328 e. The largest absolute Gasteiger partial charge is 0.467 e. The quantitative estimate of drug-likeness (QED) is 0.806. The number of esters is 1. The summed E-state index contributed by atoms with van der Waals surface area (Å²) in [6.07, 6.45) is 1.52. The highest BCUT2D eigenvalue weighted by molar-refractivity contribution is 9.10. The van der Waals surface area contributed by atoms with Crippen molar-refractivity contribution in [2.75, 3.05) is 7.11 Å². The Labute approximate surface area is 125 Å². The molecule has 1 N–H and O–H groups in total. The monoisotopic (exact) mass is 344 g/mol. The fourth-order valence-electron chi connectivity index (χ4n) is 1.62. The third-order valence-corrected chi connectivity index (χ3v) is 3.17. The van der Waals surface area contributed by atoms with Gasteiger partial charge in [-0.1, -0.05) is 13.8 Å². The summed E-state index contributed by atoms with van der Waals surface area (Å²) in [5.74, 6) is -1.03. The predicted molar refractivity (Wildman–Crippen MR) is 77.2 cm³/mol. The number of hydrogen-bond donors (Lipinski definition) is 1. The number of carbonyl (C=O) groups excluding carboxylic acids is 2. The van der Waals surface area contributed by atoms with E-state index >= 15 is 0 Å². The first-order chi connectivity index (χ1) is 9.35. The summed E-state index contributed by atoms with van der Waals surface area (Å²) in [6, 6.07) is 2.23. The molecule has 6 nitrogen and oxygen atoms in total. The van der Waals surface area contributed by atoms with Crippen LogP contribution in [0.25, 0.3) is 0 Å². The first kappa shape index (κ1) is 16.4. The Morgan fingerprint density at radius 1 is 1.40 bits per heavy atom. The van der Waals surface area contributed by atoms with Crippen LogP contribution in [-0.4, -0.2) is 29.6 Å². The van der Waals surface area contributed by atoms with Gasteiger partial charge in [-0.2, -0.15) is 0 Å². The molecule has 1 unspecified atom stereocenters. The number of rotatable bonds is 5. The number of ether oxygens (including phenoxy) is 1. The SMILES string of the molecule is COC(=O)C(NC(=O)Cn1cc(Br)ccc1=O)C(C)C. The van der Waals surface area contributed by atoms with Crippen LogP contribution in [0.15, 0.2) is 27.6 Å². The average Bonchev–Trinajstić information content (AvgIpc) is 2.39. The lowest BCUT2D eigenvalue weighted by atomic mass is 10.0. The minimum absolute atomic E-state index is 0.106. The molecule has 0 spiro atoms. The van der Waals surface area contributed by atoms with E-state index in [0.717, 1.165) is 0 Å². The number of halogens is 1. The Morgan fingerprint density at radius 2 is 2.05 bits per heavy atom. The molecule has 0 aromatic carbocycles. The van der Waals surface area contributed by atoms with Crippen molar-refractivity contribution in [3.8, 4) is 0 Å². The Bertz CT molecular complexity index is 554. The van der Waals surface area contributed by atoms with Crippen LogP contribution in [0.2, 0.25) is 0 Å². The number of methoxy groups -OCH3 is 1. The van der Waals surface area contributed by atoms with Gasteiger partial charge < -0.3 is 14.6 Å². The van der Waals surface area contributed by atoms with Crippen molar-refractivity contribution in [1.29, 1.82) is 0 Å². The number of nitrogens with one attached hydrogen (secondary N) is 1. The standard InChI is InChI=1S/C13H17BrN2O4/c1-8(2)12(13(19)20-3)15-10(17)7-16-6-9(14)4-5-11(16)18/h4-6,8,12H,7H2,1-3H3,(H,15,17). The Hall–Kier alpha value is -1.63. The van der Waals surface area contributed by atoms with Crippen LogP contribution in [0.5, 0.6) is 0 Å². The molecule has 0 fully saturated rings. The maximum Gasteiger partial charge on any atom is 0.328 e. The molecule has 0 saturated carbocycles. The number of pyridine rings is 1. The van der Waals surface area contributed by atoms with Gasteiger partial charge in [-0.05, 0) is 27.9 Å². The molecule has 0 radical (unpaired) electrons. The van der Waals surface area contributed by atoms with Crippen LogP contribution in [0.1, 0.15) is 13.8 Å². The molecule has 1 aromatic heterocycles. The van der Waals surface area contributed by atoms with Crippen LogP contribution >= 0.6 is 15.9 Å². The summed E-state index contributed by atoms with van der Waals surface area (Å²) < 4.78 is 6.59. The van der Waals surface area contributed by atoms with E-state index in [4.69, 9.17) is 0 Å². The second-order valence-electron chi connectivity index (χ2n) is 4.63. The summed E-state index contributed by atoms with van der Waals surface area (Å²) in [7, 11) is 1.27. The third kappa shape index (κ3) is 4.48. The lowest BCUT2D eigenvalue weighted by Crippen LogP contribution is -2.46.